The highest BCUT2D eigenvalue weighted by atomic mass is 16.2. The number of carbonyl (C=O) groups is 1. The molecule has 1 aliphatic rings. The molecule has 1 fully saturated rings. The number of rotatable bonds is 6. The fourth-order valence-corrected chi connectivity index (χ4v) is 5.41. The predicted molar refractivity (Wildman–Crippen MR) is 149 cm³/mol. The number of anilines is 1. The number of aromatic nitrogens is 5. The highest BCUT2D eigenvalue weighted by Crippen LogP contribution is 2.37. The van der Waals surface area contributed by atoms with Gasteiger partial charge in [-0.2, -0.15) is 10.2 Å². The molecule has 2 aromatic carbocycles. The first kappa shape index (κ1) is 24.1. The number of carbonyl (C=O) groups excluding carboxylic acids is 1. The first-order valence-corrected chi connectivity index (χ1v) is 13.0. The van der Waals surface area contributed by atoms with Crippen LogP contribution in [0.15, 0.2) is 67.1 Å². The highest BCUT2D eigenvalue weighted by Gasteiger charge is 2.27. The topological polar surface area (TPSA) is 97.6 Å². The van der Waals surface area contributed by atoms with E-state index in [0.717, 1.165) is 65.7 Å². The average molecular weight is 509 g/mol. The Balaban J connectivity index is 1.30. The summed E-state index contributed by atoms with van der Waals surface area (Å²) in [4.78, 5) is 20.4. The van der Waals surface area contributed by atoms with Crippen molar-refractivity contribution in [2.45, 2.75) is 25.3 Å². The average Bonchev–Trinajstić information content (AvgIpc) is 3.51. The SMILES string of the molecule is CN(C)C(=O)CN1CCC(c2cc(-c3ccc4cn(Cc5ccccc5)nc4c3)c3c(N)ncnn23)CC1. The Morgan fingerprint density at radius 2 is 1.87 bits per heavy atom. The van der Waals surface area contributed by atoms with E-state index in [4.69, 9.17) is 10.8 Å². The molecule has 4 heterocycles. The van der Waals surface area contributed by atoms with Crippen molar-refractivity contribution < 1.29 is 4.79 Å². The molecule has 0 aliphatic carbocycles. The summed E-state index contributed by atoms with van der Waals surface area (Å²) in [5, 5.41) is 10.5. The van der Waals surface area contributed by atoms with Crippen LogP contribution in [0.5, 0.6) is 0 Å². The van der Waals surface area contributed by atoms with Gasteiger partial charge in [0.05, 0.1) is 18.6 Å². The summed E-state index contributed by atoms with van der Waals surface area (Å²) in [6, 6.07) is 18.9. The Morgan fingerprint density at radius 3 is 2.63 bits per heavy atom. The van der Waals surface area contributed by atoms with E-state index in [0.29, 0.717) is 18.3 Å². The fourth-order valence-electron chi connectivity index (χ4n) is 5.41. The maximum Gasteiger partial charge on any atom is 0.236 e. The lowest BCUT2D eigenvalue weighted by Gasteiger charge is -2.31. The minimum atomic E-state index is 0.140. The largest absolute Gasteiger partial charge is 0.382 e. The summed E-state index contributed by atoms with van der Waals surface area (Å²) in [6.07, 6.45) is 5.52. The van der Waals surface area contributed by atoms with E-state index in [-0.39, 0.29) is 5.91 Å². The molecule has 9 nitrogen and oxygen atoms in total. The van der Waals surface area contributed by atoms with Crippen LogP contribution in [0.2, 0.25) is 0 Å². The van der Waals surface area contributed by atoms with Gasteiger partial charge in [-0.1, -0.05) is 42.5 Å². The maximum atomic E-state index is 12.2. The summed E-state index contributed by atoms with van der Waals surface area (Å²) in [7, 11) is 3.61. The number of fused-ring (bicyclic) bond motifs is 2. The lowest BCUT2D eigenvalue weighted by molar-refractivity contribution is -0.130. The number of amides is 1. The highest BCUT2D eigenvalue weighted by molar-refractivity contribution is 5.92. The number of nitrogen functional groups attached to an aromatic ring is 1. The third-order valence-corrected chi connectivity index (χ3v) is 7.53. The summed E-state index contributed by atoms with van der Waals surface area (Å²) in [5.74, 6) is 0.927. The van der Waals surface area contributed by atoms with Gasteiger partial charge in [-0.25, -0.2) is 9.50 Å². The summed E-state index contributed by atoms with van der Waals surface area (Å²) >= 11 is 0. The smallest absolute Gasteiger partial charge is 0.236 e. The molecule has 9 heteroatoms. The van der Waals surface area contributed by atoms with Crippen LogP contribution in [0.4, 0.5) is 5.82 Å². The van der Waals surface area contributed by atoms with Crippen molar-refractivity contribution in [3.63, 3.8) is 0 Å². The van der Waals surface area contributed by atoms with Crippen LogP contribution >= 0.6 is 0 Å². The zero-order valence-corrected chi connectivity index (χ0v) is 21.8. The quantitative estimate of drug-likeness (QED) is 0.376. The van der Waals surface area contributed by atoms with Gasteiger partial charge in [0.2, 0.25) is 5.91 Å². The number of benzene rings is 2. The van der Waals surface area contributed by atoms with Crippen LogP contribution in [0.1, 0.15) is 30.0 Å². The summed E-state index contributed by atoms with van der Waals surface area (Å²) in [6.45, 7) is 2.94. The number of nitrogens with two attached hydrogens (primary N) is 1. The lowest BCUT2D eigenvalue weighted by atomic mass is 9.93. The molecule has 0 spiro atoms. The van der Waals surface area contributed by atoms with Gasteiger partial charge in [0.25, 0.3) is 0 Å². The Morgan fingerprint density at radius 1 is 1.08 bits per heavy atom. The van der Waals surface area contributed by atoms with Crippen molar-refractivity contribution in [1.82, 2.24) is 34.2 Å². The molecule has 2 N–H and O–H groups in total. The normalized spacial score (nSPS) is 14.9. The molecule has 0 bridgehead atoms. The van der Waals surface area contributed by atoms with Crippen molar-refractivity contribution in [3.8, 4) is 11.1 Å². The van der Waals surface area contributed by atoms with E-state index >= 15 is 0 Å². The molecule has 0 saturated carbocycles. The number of nitrogens with zero attached hydrogens (tertiary/aromatic N) is 7. The Labute approximate surface area is 221 Å². The minimum absolute atomic E-state index is 0.140. The standard InChI is InChI=1S/C29H32N8O/c1-34(2)27(38)18-35-12-10-21(11-13-35)26-15-24(28-29(30)31-19-32-37(26)28)22-8-9-23-17-36(33-25(23)14-22)16-20-6-4-3-5-7-20/h3-9,14-15,17,19,21H,10-13,16,18H2,1-2H3,(H2,30,31,32). The number of piperidine rings is 1. The van der Waals surface area contributed by atoms with Gasteiger partial charge in [-0.3, -0.25) is 14.4 Å². The van der Waals surface area contributed by atoms with Gasteiger partial charge in [0.1, 0.15) is 11.8 Å². The van der Waals surface area contributed by atoms with E-state index in [1.165, 1.54) is 11.9 Å². The van der Waals surface area contributed by atoms with Crippen molar-refractivity contribution in [1.29, 1.82) is 0 Å². The minimum Gasteiger partial charge on any atom is -0.382 e. The fraction of sp³-hybridized carbons (Fsp3) is 0.310. The van der Waals surface area contributed by atoms with E-state index in [2.05, 4.69) is 57.6 Å². The monoisotopic (exact) mass is 508 g/mol. The molecule has 194 valence electrons. The molecule has 5 aromatic rings. The van der Waals surface area contributed by atoms with Crippen molar-refractivity contribution >= 4 is 28.1 Å². The van der Waals surface area contributed by atoms with Crippen LogP contribution in [0.3, 0.4) is 0 Å². The van der Waals surface area contributed by atoms with Crippen molar-refractivity contribution in [2.24, 2.45) is 0 Å². The lowest BCUT2D eigenvalue weighted by Crippen LogP contribution is -2.40. The molecule has 38 heavy (non-hydrogen) atoms. The Bertz CT molecular complexity index is 1600. The second kappa shape index (κ2) is 9.90. The molecule has 3 aromatic heterocycles. The third-order valence-electron chi connectivity index (χ3n) is 7.53. The van der Waals surface area contributed by atoms with Gasteiger partial charge < -0.3 is 10.6 Å². The molecule has 1 amide bonds. The molecule has 0 atom stereocenters. The van der Waals surface area contributed by atoms with Crippen molar-refractivity contribution in [3.05, 3.63) is 78.4 Å². The molecular formula is C29H32N8O. The number of likely N-dealkylation sites (tertiary alicyclic amines) is 1. The van der Waals surface area contributed by atoms with Crippen molar-refractivity contribution in [2.75, 3.05) is 39.5 Å². The second-order valence-corrected chi connectivity index (χ2v) is 10.3. The van der Waals surface area contributed by atoms with Gasteiger partial charge in [0, 0.05) is 42.9 Å². The third kappa shape index (κ3) is 4.61. The first-order chi connectivity index (χ1) is 18.5. The Kier molecular flexibility index (Phi) is 6.29. The molecular weight excluding hydrogens is 476 g/mol. The van der Waals surface area contributed by atoms with E-state index in [1.807, 2.05) is 27.4 Å². The zero-order valence-electron chi connectivity index (χ0n) is 21.8. The molecule has 0 unspecified atom stereocenters. The molecule has 1 aliphatic heterocycles. The number of hydrogen-bond donors (Lipinski definition) is 1. The van der Waals surface area contributed by atoms with Gasteiger partial charge in [-0.15, -0.1) is 0 Å². The number of hydrogen-bond acceptors (Lipinski definition) is 6. The molecule has 6 rings (SSSR count). The van der Waals surface area contributed by atoms with Gasteiger partial charge in [0.15, 0.2) is 5.82 Å². The summed E-state index contributed by atoms with van der Waals surface area (Å²) in [5.41, 5.74) is 12.6. The first-order valence-electron chi connectivity index (χ1n) is 13.0. The number of likely N-dealkylation sites (N-methyl/N-ethyl adjacent to an activating group) is 1. The van der Waals surface area contributed by atoms with Crippen LogP contribution in [0, 0.1) is 0 Å². The molecule has 0 radical (unpaired) electrons. The van der Waals surface area contributed by atoms with E-state index in [1.54, 1.807) is 19.0 Å². The zero-order chi connectivity index (χ0) is 26.2. The predicted octanol–water partition coefficient (Wildman–Crippen LogP) is 3.64. The Hall–Kier alpha value is -4.24. The van der Waals surface area contributed by atoms with Crippen LogP contribution in [-0.2, 0) is 11.3 Å². The maximum absolute atomic E-state index is 12.2. The van der Waals surface area contributed by atoms with Gasteiger partial charge in [-0.05, 0) is 49.2 Å². The second-order valence-electron chi connectivity index (χ2n) is 10.3. The summed E-state index contributed by atoms with van der Waals surface area (Å²) < 4.78 is 3.94. The van der Waals surface area contributed by atoms with E-state index in [9.17, 15) is 4.79 Å². The van der Waals surface area contributed by atoms with Crippen LogP contribution in [-0.4, -0.2) is 73.8 Å². The van der Waals surface area contributed by atoms with Gasteiger partial charge >= 0.3 is 0 Å². The van der Waals surface area contributed by atoms with E-state index < -0.39 is 0 Å². The van der Waals surface area contributed by atoms with Crippen LogP contribution < -0.4 is 5.73 Å². The molecule has 1 saturated heterocycles. The van der Waals surface area contributed by atoms with Crippen LogP contribution in [0.25, 0.3) is 27.5 Å².